The molecule has 6 heteroatoms. The topological polar surface area (TPSA) is 65.2 Å². The number of hydrogen-bond donors (Lipinski definition) is 2. The summed E-state index contributed by atoms with van der Waals surface area (Å²) in [6.45, 7) is 1.41. The lowest BCUT2D eigenvalue weighted by molar-refractivity contribution is 0.0700. The Hall–Kier alpha value is -1.66. The molecule has 0 spiro atoms. The number of H-pyrrole nitrogens is 1. The second-order valence-electron chi connectivity index (χ2n) is 5.62. The minimum absolute atomic E-state index is 0.0749. The van der Waals surface area contributed by atoms with Gasteiger partial charge in [0.1, 0.15) is 0 Å². The first-order chi connectivity index (χ1) is 10.6. The predicted molar refractivity (Wildman–Crippen MR) is 90.3 cm³/mol. The summed E-state index contributed by atoms with van der Waals surface area (Å²) in [6, 6.07) is 7.25. The average molecular weight is 364 g/mol. The first-order valence-corrected chi connectivity index (χ1v) is 8.17. The zero-order valence-electron chi connectivity index (χ0n) is 12.4. The largest absolute Gasteiger partial charge is 0.337 e. The Bertz CT molecular complexity index is 772. The van der Waals surface area contributed by atoms with Crippen molar-refractivity contribution < 1.29 is 4.79 Å². The number of carbonyl (C=O) groups is 1. The first-order valence-electron chi connectivity index (χ1n) is 7.37. The molecule has 1 saturated heterocycles. The fourth-order valence-electron chi connectivity index (χ4n) is 2.97. The molecule has 1 aromatic heterocycles. The van der Waals surface area contributed by atoms with Gasteiger partial charge in [-0.15, -0.1) is 0 Å². The van der Waals surface area contributed by atoms with E-state index in [0.29, 0.717) is 23.7 Å². The van der Waals surface area contributed by atoms with Gasteiger partial charge in [0, 0.05) is 40.6 Å². The Labute approximate surface area is 136 Å². The minimum atomic E-state index is -0.250. The van der Waals surface area contributed by atoms with Crippen LogP contribution in [0.4, 0.5) is 0 Å². The number of aromatic amines is 1. The summed E-state index contributed by atoms with van der Waals surface area (Å²) in [7, 11) is 1.92. The zero-order valence-corrected chi connectivity index (χ0v) is 13.9. The molecule has 1 atom stereocenters. The molecule has 2 N–H and O–H groups in total. The summed E-state index contributed by atoms with van der Waals surface area (Å²) in [5.41, 5.74) is 0.901. The third kappa shape index (κ3) is 2.94. The number of nitrogens with zero attached hydrogens (tertiary/aromatic N) is 1. The smallest absolute Gasteiger partial charge is 0.254 e. The molecule has 0 saturated carbocycles. The van der Waals surface area contributed by atoms with Gasteiger partial charge in [0.2, 0.25) is 5.56 Å². The normalized spacial score (nSPS) is 18.6. The Morgan fingerprint density at radius 2 is 2.23 bits per heavy atom. The van der Waals surface area contributed by atoms with Crippen molar-refractivity contribution in [1.29, 1.82) is 0 Å². The fraction of sp³-hybridized carbons (Fsp3) is 0.375. The van der Waals surface area contributed by atoms with Crippen molar-refractivity contribution in [2.24, 2.45) is 0 Å². The van der Waals surface area contributed by atoms with E-state index in [1.807, 2.05) is 30.1 Å². The number of rotatable bonds is 2. The van der Waals surface area contributed by atoms with Crippen LogP contribution in [-0.2, 0) is 0 Å². The molecule has 1 aromatic carbocycles. The number of hydrogen-bond acceptors (Lipinski definition) is 3. The Morgan fingerprint density at radius 1 is 1.41 bits per heavy atom. The summed E-state index contributed by atoms with van der Waals surface area (Å²) in [6.07, 6.45) is 2.05. The summed E-state index contributed by atoms with van der Waals surface area (Å²) in [5, 5.41) is 4.00. The number of carbonyl (C=O) groups excluding carboxylic acids is 1. The number of aromatic nitrogens is 1. The van der Waals surface area contributed by atoms with E-state index in [-0.39, 0.29) is 11.5 Å². The van der Waals surface area contributed by atoms with Crippen LogP contribution in [0.1, 0.15) is 23.2 Å². The van der Waals surface area contributed by atoms with Crippen molar-refractivity contribution in [3.63, 3.8) is 0 Å². The monoisotopic (exact) mass is 363 g/mol. The van der Waals surface area contributed by atoms with E-state index < -0.39 is 0 Å². The second kappa shape index (κ2) is 6.22. The van der Waals surface area contributed by atoms with E-state index in [1.165, 1.54) is 6.07 Å². The zero-order chi connectivity index (χ0) is 15.7. The number of likely N-dealkylation sites (tertiary alicyclic amines) is 1. The number of amides is 1. The van der Waals surface area contributed by atoms with Gasteiger partial charge < -0.3 is 15.2 Å². The van der Waals surface area contributed by atoms with E-state index >= 15 is 0 Å². The van der Waals surface area contributed by atoms with E-state index in [0.717, 1.165) is 29.2 Å². The van der Waals surface area contributed by atoms with Gasteiger partial charge in [0.05, 0.1) is 5.56 Å². The lowest BCUT2D eigenvalue weighted by atomic mass is 10.0. The first kappa shape index (κ1) is 15.2. The predicted octanol–water partition coefficient (Wildman–Crippen LogP) is 2.11. The summed E-state index contributed by atoms with van der Waals surface area (Å²) >= 11 is 3.42. The number of likely N-dealkylation sites (N-methyl/N-ethyl adjacent to an activating group) is 1. The van der Waals surface area contributed by atoms with Crippen LogP contribution < -0.4 is 10.9 Å². The van der Waals surface area contributed by atoms with E-state index in [2.05, 4.69) is 26.2 Å². The molecule has 2 heterocycles. The third-order valence-electron chi connectivity index (χ3n) is 4.15. The Morgan fingerprint density at radius 3 is 3.00 bits per heavy atom. The third-order valence-corrected chi connectivity index (χ3v) is 4.65. The molecule has 1 aliphatic heterocycles. The van der Waals surface area contributed by atoms with Crippen molar-refractivity contribution in [1.82, 2.24) is 15.2 Å². The van der Waals surface area contributed by atoms with Crippen molar-refractivity contribution in [3.05, 3.63) is 44.7 Å². The lowest BCUT2D eigenvalue weighted by Crippen LogP contribution is -2.47. The van der Waals surface area contributed by atoms with Crippen molar-refractivity contribution in [2.45, 2.75) is 18.9 Å². The molecular weight excluding hydrogens is 346 g/mol. The maximum atomic E-state index is 12.9. The van der Waals surface area contributed by atoms with Crippen LogP contribution in [0.2, 0.25) is 0 Å². The molecule has 0 aliphatic carbocycles. The number of pyridine rings is 1. The van der Waals surface area contributed by atoms with Crippen LogP contribution in [0.15, 0.2) is 33.5 Å². The fourth-order valence-corrected chi connectivity index (χ4v) is 3.33. The molecule has 2 aromatic rings. The molecule has 3 rings (SSSR count). The average Bonchev–Trinajstić information content (AvgIpc) is 2.54. The van der Waals surface area contributed by atoms with Crippen LogP contribution in [0.25, 0.3) is 10.9 Å². The maximum absolute atomic E-state index is 12.9. The lowest BCUT2D eigenvalue weighted by Gasteiger charge is -2.32. The molecule has 116 valence electrons. The summed E-state index contributed by atoms with van der Waals surface area (Å²) < 4.78 is 0.882. The molecular formula is C16H18BrN3O2. The van der Waals surface area contributed by atoms with Crippen LogP contribution >= 0.6 is 15.9 Å². The highest BCUT2D eigenvalue weighted by Crippen LogP contribution is 2.22. The highest BCUT2D eigenvalue weighted by molar-refractivity contribution is 9.10. The molecule has 1 unspecified atom stereocenters. The Kier molecular flexibility index (Phi) is 4.31. The number of piperidine rings is 1. The van der Waals surface area contributed by atoms with Gasteiger partial charge in [-0.05, 0) is 38.1 Å². The van der Waals surface area contributed by atoms with Gasteiger partial charge in [0.25, 0.3) is 5.91 Å². The number of nitrogens with one attached hydrogen (secondary N) is 2. The van der Waals surface area contributed by atoms with Crippen molar-refractivity contribution in [2.75, 3.05) is 20.1 Å². The highest BCUT2D eigenvalue weighted by atomic mass is 79.9. The van der Waals surface area contributed by atoms with E-state index in [1.54, 1.807) is 0 Å². The number of benzene rings is 1. The maximum Gasteiger partial charge on any atom is 0.254 e. The SMILES string of the molecule is CNC1CCCN(C(=O)c2cc(=O)[nH]c3ccc(Br)cc23)C1. The minimum Gasteiger partial charge on any atom is -0.337 e. The van der Waals surface area contributed by atoms with Gasteiger partial charge >= 0.3 is 0 Å². The van der Waals surface area contributed by atoms with Gasteiger partial charge in [-0.25, -0.2) is 0 Å². The quantitative estimate of drug-likeness (QED) is 0.858. The molecule has 0 radical (unpaired) electrons. The van der Waals surface area contributed by atoms with E-state index in [9.17, 15) is 9.59 Å². The van der Waals surface area contributed by atoms with Crippen molar-refractivity contribution in [3.8, 4) is 0 Å². The van der Waals surface area contributed by atoms with Gasteiger partial charge in [-0.3, -0.25) is 9.59 Å². The molecule has 22 heavy (non-hydrogen) atoms. The van der Waals surface area contributed by atoms with Crippen LogP contribution in [0.5, 0.6) is 0 Å². The van der Waals surface area contributed by atoms with Crippen LogP contribution in [0, 0.1) is 0 Å². The number of halogens is 1. The van der Waals surface area contributed by atoms with Gasteiger partial charge in [0.15, 0.2) is 0 Å². The molecule has 1 aliphatic rings. The Balaban J connectivity index is 2.03. The highest BCUT2D eigenvalue weighted by Gasteiger charge is 2.25. The van der Waals surface area contributed by atoms with Gasteiger partial charge in [-0.2, -0.15) is 0 Å². The number of fused-ring (bicyclic) bond motifs is 1. The molecule has 1 amide bonds. The summed E-state index contributed by atoms with van der Waals surface area (Å²) in [4.78, 5) is 29.3. The van der Waals surface area contributed by atoms with Gasteiger partial charge in [-0.1, -0.05) is 15.9 Å². The summed E-state index contributed by atoms with van der Waals surface area (Å²) in [5.74, 6) is -0.0749. The molecule has 0 bridgehead atoms. The molecule has 5 nitrogen and oxygen atoms in total. The molecule has 1 fully saturated rings. The second-order valence-corrected chi connectivity index (χ2v) is 6.53. The van der Waals surface area contributed by atoms with Crippen molar-refractivity contribution >= 4 is 32.7 Å². The van der Waals surface area contributed by atoms with Crippen LogP contribution in [0.3, 0.4) is 0 Å². The standard InChI is InChI=1S/C16H18BrN3O2/c1-18-11-3-2-6-20(9-11)16(22)13-8-15(21)19-14-5-4-10(17)7-12(13)14/h4-5,7-8,11,18H,2-3,6,9H2,1H3,(H,19,21). The van der Waals surface area contributed by atoms with Crippen LogP contribution in [-0.4, -0.2) is 42.0 Å². The van der Waals surface area contributed by atoms with E-state index in [4.69, 9.17) is 0 Å².